The van der Waals surface area contributed by atoms with E-state index in [2.05, 4.69) is 20.6 Å². The Labute approximate surface area is 129 Å². The Morgan fingerprint density at radius 1 is 1.32 bits per heavy atom. The number of nitrogens with two attached hydrogens (primary N) is 1. The lowest BCUT2D eigenvalue weighted by molar-refractivity contribution is 0.102. The highest BCUT2D eigenvalue weighted by Crippen LogP contribution is 2.39. The summed E-state index contributed by atoms with van der Waals surface area (Å²) in [6.45, 7) is 2.72. The molecular weight excluding hydrogens is 278 g/mol. The minimum atomic E-state index is -0.227. The van der Waals surface area contributed by atoms with Gasteiger partial charge in [0.25, 0.3) is 5.91 Å². The van der Waals surface area contributed by atoms with Crippen LogP contribution in [0.5, 0.6) is 0 Å². The van der Waals surface area contributed by atoms with Crippen molar-refractivity contribution in [3.63, 3.8) is 0 Å². The molecule has 6 heteroatoms. The summed E-state index contributed by atoms with van der Waals surface area (Å²) in [6.07, 6.45) is 2.29. The number of aromatic nitrogens is 2. The molecule has 22 heavy (non-hydrogen) atoms. The highest BCUT2D eigenvalue weighted by Gasteiger charge is 2.26. The van der Waals surface area contributed by atoms with Gasteiger partial charge in [-0.3, -0.25) is 4.79 Å². The Bertz CT molecular complexity index is 697. The van der Waals surface area contributed by atoms with Gasteiger partial charge in [0.2, 0.25) is 5.95 Å². The normalized spacial score (nSPS) is 13.7. The lowest BCUT2D eigenvalue weighted by atomic mass is 10.2. The lowest BCUT2D eigenvalue weighted by Crippen LogP contribution is -2.15. The number of carbonyl (C=O) groups is 1. The van der Waals surface area contributed by atoms with E-state index in [1.807, 2.05) is 13.0 Å². The van der Waals surface area contributed by atoms with Gasteiger partial charge in [-0.25, -0.2) is 4.98 Å². The van der Waals surface area contributed by atoms with E-state index >= 15 is 0 Å². The maximum Gasteiger partial charge on any atom is 0.256 e. The molecule has 1 aliphatic rings. The van der Waals surface area contributed by atoms with Crippen LogP contribution in [-0.2, 0) is 0 Å². The molecule has 1 fully saturated rings. The Hall–Kier alpha value is -2.63. The van der Waals surface area contributed by atoms with Crippen molar-refractivity contribution in [1.29, 1.82) is 0 Å². The summed E-state index contributed by atoms with van der Waals surface area (Å²) >= 11 is 0. The lowest BCUT2D eigenvalue weighted by Gasteiger charge is -2.09. The molecule has 0 atom stereocenters. The van der Waals surface area contributed by atoms with Crippen molar-refractivity contribution < 1.29 is 4.79 Å². The van der Waals surface area contributed by atoms with Gasteiger partial charge >= 0.3 is 0 Å². The van der Waals surface area contributed by atoms with Gasteiger partial charge in [0.1, 0.15) is 5.82 Å². The molecule has 1 saturated carbocycles. The standard InChI is InChI=1S/C16H19N5O/c1-2-18-16-19-13(10-6-7-10)9-14(21-16)20-15(22)11-4-3-5-12(17)8-11/h3-5,8-10H,2,6-7,17H2,1H3,(H2,18,19,20,21,22). The number of rotatable bonds is 5. The van der Waals surface area contributed by atoms with Crippen molar-refractivity contribution >= 4 is 23.4 Å². The number of benzene rings is 1. The van der Waals surface area contributed by atoms with Gasteiger partial charge in [0, 0.05) is 29.8 Å². The minimum Gasteiger partial charge on any atom is -0.399 e. The number of nitrogens with one attached hydrogen (secondary N) is 2. The van der Waals surface area contributed by atoms with Crippen LogP contribution in [-0.4, -0.2) is 22.4 Å². The summed E-state index contributed by atoms with van der Waals surface area (Å²) < 4.78 is 0. The molecule has 0 aliphatic heterocycles. The van der Waals surface area contributed by atoms with E-state index in [1.165, 1.54) is 0 Å². The predicted molar refractivity (Wildman–Crippen MR) is 87.0 cm³/mol. The fraction of sp³-hybridized carbons (Fsp3) is 0.312. The molecule has 1 aliphatic carbocycles. The summed E-state index contributed by atoms with van der Waals surface area (Å²) in [4.78, 5) is 21.1. The molecule has 3 rings (SSSR count). The highest BCUT2D eigenvalue weighted by atomic mass is 16.1. The number of anilines is 3. The topological polar surface area (TPSA) is 92.9 Å². The summed E-state index contributed by atoms with van der Waals surface area (Å²) in [5.74, 6) is 1.33. The van der Waals surface area contributed by atoms with Gasteiger partial charge in [-0.05, 0) is 38.0 Å². The van der Waals surface area contributed by atoms with E-state index in [1.54, 1.807) is 24.3 Å². The Kier molecular flexibility index (Phi) is 3.91. The van der Waals surface area contributed by atoms with Gasteiger partial charge in [0.15, 0.2) is 0 Å². The van der Waals surface area contributed by atoms with Crippen molar-refractivity contribution in [2.75, 3.05) is 22.9 Å². The number of nitrogen functional groups attached to an aromatic ring is 1. The first-order chi connectivity index (χ1) is 10.7. The maximum absolute atomic E-state index is 12.3. The second kappa shape index (κ2) is 6.01. The van der Waals surface area contributed by atoms with Crippen molar-refractivity contribution in [2.45, 2.75) is 25.7 Å². The third kappa shape index (κ3) is 3.33. The summed E-state index contributed by atoms with van der Waals surface area (Å²) in [6, 6.07) is 8.71. The molecule has 0 saturated heterocycles. The first kappa shape index (κ1) is 14.3. The zero-order valence-corrected chi connectivity index (χ0v) is 12.5. The van der Waals surface area contributed by atoms with Gasteiger partial charge in [-0.1, -0.05) is 6.07 Å². The molecule has 0 radical (unpaired) electrons. The first-order valence-corrected chi connectivity index (χ1v) is 7.45. The van der Waals surface area contributed by atoms with Crippen molar-refractivity contribution in [1.82, 2.24) is 9.97 Å². The fourth-order valence-electron chi connectivity index (χ4n) is 2.22. The monoisotopic (exact) mass is 297 g/mol. The van der Waals surface area contributed by atoms with E-state index < -0.39 is 0 Å². The molecule has 1 aromatic carbocycles. The van der Waals surface area contributed by atoms with Gasteiger partial charge < -0.3 is 16.4 Å². The van der Waals surface area contributed by atoms with Crippen LogP contribution >= 0.6 is 0 Å². The molecule has 114 valence electrons. The summed E-state index contributed by atoms with van der Waals surface area (Å²) in [7, 11) is 0. The molecule has 1 amide bonds. The van der Waals surface area contributed by atoms with Crippen LogP contribution < -0.4 is 16.4 Å². The fourth-order valence-corrected chi connectivity index (χ4v) is 2.22. The smallest absolute Gasteiger partial charge is 0.256 e. The van der Waals surface area contributed by atoms with Crippen LogP contribution in [0.1, 0.15) is 41.7 Å². The number of carbonyl (C=O) groups excluding carboxylic acids is 1. The molecule has 0 bridgehead atoms. The largest absolute Gasteiger partial charge is 0.399 e. The molecule has 2 aromatic rings. The number of hydrogen-bond donors (Lipinski definition) is 3. The van der Waals surface area contributed by atoms with Crippen LogP contribution in [0.3, 0.4) is 0 Å². The molecule has 6 nitrogen and oxygen atoms in total. The van der Waals surface area contributed by atoms with E-state index in [0.717, 1.165) is 25.1 Å². The quantitative estimate of drug-likeness (QED) is 0.738. The number of nitrogens with zero attached hydrogens (tertiary/aromatic N) is 2. The molecule has 0 unspecified atom stereocenters. The van der Waals surface area contributed by atoms with Crippen LogP contribution in [0.15, 0.2) is 30.3 Å². The van der Waals surface area contributed by atoms with E-state index in [4.69, 9.17) is 5.73 Å². The van der Waals surface area contributed by atoms with Crippen LogP contribution in [0.25, 0.3) is 0 Å². The Morgan fingerprint density at radius 3 is 2.82 bits per heavy atom. The van der Waals surface area contributed by atoms with Crippen LogP contribution in [0, 0.1) is 0 Å². The zero-order chi connectivity index (χ0) is 15.5. The van der Waals surface area contributed by atoms with Crippen LogP contribution in [0.2, 0.25) is 0 Å². The molecule has 4 N–H and O–H groups in total. The number of hydrogen-bond acceptors (Lipinski definition) is 5. The summed E-state index contributed by atoms with van der Waals surface area (Å²) in [5.41, 5.74) is 7.76. The van der Waals surface area contributed by atoms with Crippen molar-refractivity contribution in [2.24, 2.45) is 0 Å². The first-order valence-electron chi connectivity index (χ1n) is 7.45. The van der Waals surface area contributed by atoms with Crippen molar-refractivity contribution in [3.8, 4) is 0 Å². The number of amides is 1. The van der Waals surface area contributed by atoms with Crippen LogP contribution in [0.4, 0.5) is 17.5 Å². The molecule has 1 aromatic heterocycles. The second-order valence-corrected chi connectivity index (χ2v) is 5.39. The third-order valence-electron chi connectivity index (χ3n) is 3.47. The average Bonchev–Trinajstić information content (AvgIpc) is 3.32. The van der Waals surface area contributed by atoms with E-state index in [-0.39, 0.29) is 5.91 Å². The SMILES string of the molecule is CCNc1nc(NC(=O)c2cccc(N)c2)cc(C2CC2)n1. The Morgan fingerprint density at radius 2 is 2.14 bits per heavy atom. The zero-order valence-electron chi connectivity index (χ0n) is 12.5. The van der Waals surface area contributed by atoms with E-state index in [9.17, 15) is 4.79 Å². The molecule has 1 heterocycles. The van der Waals surface area contributed by atoms with E-state index in [0.29, 0.717) is 28.9 Å². The van der Waals surface area contributed by atoms with Gasteiger partial charge in [0.05, 0.1) is 5.69 Å². The van der Waals surface area contributed by atoms with Gasteiger partial charge in [-0.15, -0.1) is 0 Å². The minimum absolute atomic E-state index is 0.227. The van der Waals surface area contributed by atoms with Crippen molar-refractivity contribution in [3.05, 3.63) is 41.6 Å². The molecule has 0 spiro atoms. The maximum atomic E-state index is 12.3. The highest BCUT2D eigenvalue weighted by molar-refractivity contribution is 6.04. The second-order valence-electron chi connectivity index (χ2n) is 5.39. The Balaban J connectivity index is 1.82. The third-order valence-corrected chi connectivity index (χ3v) is 3.47. The summed E-state index contributed by atoms with van der Waals surface area (Å²) in [5, 5.41) is 5.92. The predicted octanol–water partition coefficient (Wildman–Crippen LogP) is 2.62. The molecular formula is C16H19N5O. The van der Waals surface area contributed by atoms with Gasteiger partial charge in [-0.2, -0.15) is 4.98 Å². The average molecular weight is 297 g/mol.